The SMILES string of the molecule is C=CC(C)N1CN([C@@H](C=C)CO)C(=O)c2c(OCc3ccccc3)c(=O)c(C(=O)NCc3ccc(F)cc3F)cn21. The van der Waals surface area contributed by atoms with Gasteiger partial charge in [0.1, 0.15) is 30.5 Å². The van der Waals surface area contributed by atoms with Gasteiger partial charge in [-0.05, 0) is 18.6 Å². The van der Waals surface area contributed by atoms with Crippen molar-refractivity contribution < 1.29 is 28.2 Å². The minimum atomic E-state index is -0.857. The Labute approximate surface area is 235 Å². The molecule has 2 aromatic carbocycles. The number of rotatable bonds is 11. The summed E-state index contributed by atoms with van der Waals surface area (Å²) in [5, 5.41) is 14.1. The maximum Gasteiger partial charge on any atom is 0.278 e. The number of carbonyl (C=O) groups is 2. The standard InChI is InChI=1S/C30H30F2N4O5/c1-4-19(3)36-18-34(23(5-2)16-37)30(40)26-28(41-17-20-9-7-6-8-10-20)27(38)24(15-35(26)36)29(39)33-14-21-11-12-22(31)13-25(21)32/h4-13,15,19,23,37H,1-2,14,16-18H2,3H3,(H,33,39)/t19?,23-/m0/s1. The van der Waals surface area contributed by atoms with E-state index in [9.17, 15) is 28.3 Å². The molecular weight excluding hydrogens is 534 g/mol. The number of ether oxygens (including phenoxy) is 1. The predicted molar refractivity (Wildman–Crippen MR) is 149 cm³/mol. The Bertz CT molecular complexity index is 1530. The van der Waals surface area contributed by atoms with Gasteiger partial charge in [-0.15, -0.1) is 13.2 Å². The molecule has 1 unspecified atom stereocenters. The molecule has 0 fully saturated rings. The maximum atomic E-state index is 14.2. The maximum absolute atomic E-state index is 14.2. The predicted octanol–water partition coefficient (Wildman–Crippen LogP) is 3.11. The molecule has 9 nitrogen and oxygen atoms in total. The molecule has 0 bridgehead atoms. The highest BCUT2D eigenvalue weighted by atomic mass is 19.1. The lowest BCUT2D eigenvalue weighted by molar-refractivity contribution is 0.0563. The monoisotopic (exact) mass is 564 g/mol. The lowest BCUT2D eigenvalue weighted by atomic mass is 10.1. The average molecular weight is 565 g/mol. The zero-order valence-electron chi connectivity index (χ0n) is 22.4. The second-order valence-electron chi connectivity index (χ2n) is 9.40. The van der Waals surface area contributed by atoms with Crippen molar-refractivity contribution >= 4 is 11.8 Å². The molecule has 1 aromatic heterocycles. The van der Waals surface area contributed by atoms with Crippen LogP contribution in [0.5, 0.6) is 5.75 Å². The summed E-state index contributed by atoms with van der Waals surface area (Å²) in [6, 6.07) is 10.7. The van der Waals surface area contributed by atoms with E-state index >= 15 is 0 Å². The van der Waals surface area contributed by atoms with E-state index in [1.54, 1.807) is 42.3 Å². The molecule has 2 N–H and O–H groups in total. The van der Waals surface area contributed by atoms with Gasteiger partial charge in [0, 0.05) is 24.4 Å². The fourth-order valence-corrected chi connectivity index (χ4v) is 4.37. The van der Waals surface area contributed by atoms with Gasteiger partial charge < -0.3 is 20.1 Å². The van der Waals surface area contributed by atoms with Crippen LogP contribution in [0.3, 0.4) is 0 Å². The molecule has 2 atom stereocenters. The molecule has 11 heteroatoms. The van der Waals surface area contributed by atoms with Gasteiger partial charge in [-0.25, -0.2) is 8.78 Å². The minimum absolute atomic E-state index is 0.0190. The number of aromatic nitrogens is 1. The zero-order valence-corrected chi connectivity index (χ0v) is 22.4. The molecule has 2 heterocycles. The van der Waals surface area contributed by atoms with E-state index in [0.29, 0.717) is 11.6 Å². The largest absolute Gasteiger partial charge is 0.482 e. The van der Waals surface area contributed by atoms with E-state index in [4.69, 9.17) is 4.74 Å². The summed E-state index contributed by atoms with van der Waals surface area (Å²) in [6.07, 6.45) is 4.25. The molecule has 0 spiro atoms. The first kappa shape index (κ1) is 29.2. The van der Waals surface area contributed by atoms with Crippen molar-refractivity contribution in [2.75, 3.05) is 18.3 Å². The number of fused-ring (bicyclic) bond motifs is 1. The summed E-state index contributed by atoms with van der Waals surface area (Å²) >= 11 is 0. The molecule has 1 aliphatic rings. The van der Waals surface area contributed by atoms with Crippen LogP contribution in [0.15, 0.2) is 84.8 Å². The highest BCUT2D eigenvalue weighted by Crippen LogP contribution is 2.26. The Morgan fingerprint density at radius 3 is 2.51 bits per heavy atom. The molecular formula is C30H30F2N4O5. The summed E-state index contributed by atoms with van der Waals surface area (Å²) < 4.78 is 34.8. The number of halogens is 2. The van der Waals surface area contributed by atoms with Crippen LogP contribution < -0.4 is 20.5 Å². The van der Waals surface area contributed by atoms with E-state index in [-0.39, 0.29) is 42.4 Å². The molecule has 0 saturated heterocycles. The molecule has 214 valence electrons. The van der Waals surface area contributed by atoms with Crippen molar-refractivity contribution in [3.05, 3.63) is 124 Å². The van der Waals surface area contributed by atoms with E-state index in [0.717, 1.165) is 6.07 Å². The number of amides is 2. The van der Waals surface area contributed by atoms with Gasteiger partial charge in [-0.3, -0.25) is 24.1 Å². The van der Waals surface area contributed by atoms with Crippen LogP contribution in [0, 0.1) is 11.6 Å². The number of aliphatic hydroxyl groups is 1. The van der Waals surface area contributed by atoms with Crippen molar-refractivity contribution in [1.82, 2.24) is 14.9 Å². The quantitative estimate of drug-likeness (QED) is 0.347. The topological polar surface area (TPSA) is 104 Å². The first-order valence-electron chi connectivity index (χ1n) is 12.8. The van der Waals surface area contributed by atoms with Crippen LogP contribution in [0.2, 0.25) is 0 Å². The molecule has 2 amide bonds. The van der Waals surface area contributed by atoms with E-state index < -0.39 is 47.6 Å². The number of nitrogens with one attached hydrogen (secondary N) is 1. The number of nitrogens with zero attached hydrogens (tertiary/aromatic N) is 3. The lowest BCUT2D eigenvalue weighted by Gasteiger charge is -2.44. The third-order valence-electron chi connectivity index (χ3n) is 6.78. The second-order valence-corrected chi connectivity index (χ2v) is 9.40. The van der Waals surface area contributed by atoms with Gasteiger partial charge in [0.2, 0.25) is 5.43 Å². The molecule has 4 rings (SSSR count). The van der Waals surface area contributed by atoms with Crippen LogP contribution in [-0.4, -0.2) is 51.9 Å². The number of carbonyl (C=O) groups excluding carboxylic acids is 2. The van der Waals surface area contributed by atoms with Crippen molar-refractivity contribution in [2.45, 2.75) is 32.2 Å². The number of pyridine rings is 1. The summed E-state index contributed by atoms with van der Waals surface area (Å²) in [4.78, 5) is 42.1. The van der Waals surface area contributed by atoms with Crippen molar-refractivity contribution in [3.8, 4) is 5.75 Å². The van der Waals surface area contributed by atoms with Crippen molar-refractivity contribution in [1.29, 1.82) is 0 Å². The average Bonchev–Trinajstić information content (AvgIpc) is 2.97. The number of benzene rings is 2. The van der Waals surface area contributed by atoms with E-state index in [2.05, 4.69) is 18.5 Å². The normalized spacial score (nSPS) is 14.2. The molecule has 0 radical (unpaired) electrons. The van der Waals surface area contributed by atoms with Crippen molar-refractivity contribution in [3.63, 3.8) is 0 Å². The second kappa shape index (κ2) is 12.6. The van der Waals surface area contributed by atoms with Crippen LogP contribution in [0.1, 0.15) is 38.9 Å². The Kier molecular flexibility index (Phi) is 8.98. The van der Waals surface area contributed by atoms with Crippen molar-refractivity contribution in [2.24, 2.45) is 0 Å². The van der Waals surface area contributed by atoms with Gasteiger partial charge in [0.05, 0.1) is 18.7 Å². The number of aliphatic hydroxyl groups excluding tert-OH is 1. The third-order valence-corrected chi connectivity index (χ3v) is 6.78. The Morgan fingerprint density at radius 1 is 1.15 bits per heavy atom. The van der Waals surface area contributed by atoms with Gasteiger partial charge >= 0.3 is 0 Å². The highest BCUT2D eigenvalue weighted by Gasteiger charge is 2.38. The Hall–Kier alpha value is -4.77. The van der Waals surface area contributed by atoms with Gasteiger partial charge in [0.15, 0.2) is 11.4 Å². The van der Waals surface area contributed by atoms with Gasteiger partial charge in [-0.1, -0.05) is 48.6 Å². The smallest absolute Gasteiger partial charge is 0.278 e. The summed E-state index contributed by atoms with van der Waals surface area (Å²) in [5.74, 6) is -3.44. The first-order chi connectivity index (χ1) is 19.7. The van der Waals surface area contributed by atoms with E-state index in [1.807, 2.05) is 6.07 Å². The lowest BCUT2D eigenvalue weighted by Crippen LogP contribution is -2.60. The Morgan fingerprint density at radius 2 is 1.88 bits per heavy atom. The van der Waals surface area contributed by atoms with Crippen LogP contribution in [-0.2, 0) is 13.2 Å². The minimum Gasteiger partial charge on any atom is -0.482 e. The van der Waals surface area contributed by atoms with Crippen LogP contribution >= 0.6 is 0 Å². The van der Waals surface area contributed by atoms with Gasteiger partial charge in [-0.2, -0.15) is 0 Å². The van der Waals surface area contributed by atoms with Crippen LogP contribution in [0.25, 0.3) is 0 Å². The van der Waals surface area contributed by atoms with Gasteiger partial charge in [0.25, 0.3) is 11.8 Å². The fraction of sp³-hybridized carbons (Fsp3) is 0.233. The molecule has 3 aromatic rings. The highest BCUT2D eigenvalue weighted by molar-refractivity contribution is 5.99. The summed E-state index contributed by atoms with van der Waals surface area (Å²) in [5.41, 5.74) is -0.630. The molecule has 41 heavy (non-hydrogen) atoms. The number of hydrogen-bond acceptors (Lipinski definition) is 6. The fourth-order valence-electron chi connectivity index (χ4n) is 4.37. The van der Waals surface area contributed by atoms with Crippen LogP contribution in [0.4, 0.5) is 8.78 Å². The van der Waals surface area contributed by atoms with E-state index in [1.165, 1.54) is 27.9 Å². The zero-order chi connectivity index (χ0) is 29.7. The Balaban J connectivity index is 1.82. The summed E-state index contributed by atoms with van der Waals surface area (Å²) in [7, 11) is 0. The summed E-state index contributed by atoms with van der Waals surface area (Å²) in [6.45, 7) is 8.50. The third kappa shape index (κ3) is 6.04. The first-order valence-corrected chi connectivity index (χ1v) is 12.8. The molecule has 0 saturated carbocycles. The molecule has 1 aliphatic heterocycles. The molecule has 0 aliphatic carbocycles. The number of hydrogen-bond donors (Lipinski definition) is 2.